The fourth-order valence-electron chi connectivity index (χ4n) is 6.81. The van der Waals surface area contributed by atoms with Crippen molar-refractivity contribution >= 4 is 11.9 Å². The number of phenols is 1. The largest absolute Gasteiger partial charge is 0.507 e. The molecule has 0 aliphatic carbocycles. The van der Waals surface area contributed by atoms with Crippen LogP contribution in [0, 0.1) is 38.5 Å². The summed E-state index contributed by atoms with van der Waals surface area (Å²) in [4.78, 5) is 27.0. The number of esters is 2. The van der Waals surface area contributed by atoms with Gasteiger partial charge in [-0.15, -0.1) is 0 Å². The van der Waals surface area contributed by atoms with E-state index >= 15 is 0 Å². The van der Waals surface area contributed by atoms with Crippen LogP contribution in [0.5, 0.6) is 11.5 Å². The molecule has 6 nitrogen and oxygen atoms in total. The molecule has 43 heavy (non-hydrogen) atoms. The Morgan fingerprint density at radius 2 is 1.26 bits per heavy atom. The predicted octanol–water partition coefficient (Wildman–Crippen LogP) is 9.17. The molecule has 2 heterocycles. The van der Waals surface area contributed by atoms with Gasteiger partial charge in [-0.2, -0.15) is 0 Å². The third-order valence-corrected chi connectivity index (χ3v) is 9.99. The summed E-state index contributed by atoms with van der Waals surface area (Å²) in [5, 5.41) is 10.9. The van der Waals surface area contributed by atoms with Crippen molar-refractivity contribution in [3.05, 3.63) is 57.6 Å². The summed E-state index contributed by atoms with van der Waals surface area (Å²) in [6.07, 6.45) is 10.1. The fourth-order valence-corrected chi connectivity index (χ4v) is 6.81. The Labute approximate surface area is 258 Å². The predicted molar refractivity (Wildman–Crippen MR) is 170 cm³/mol. The van der Waals surface area contributed by atoms with Crippen LogP contribution in [0.4, 0.5) is 0 Å². The lowest BCUT2D eigenvalue weighted by molar-refractivity contribution is -0.263. The van der Waals surface area contributed by atoms with Crippen molar-refractivity contribution < 1.29 is 28.9 Å². The molecule has 2 aliphatic rings. The third kappa shape index (κ3) is 6.89. The second kappa shape index (κ2) is 13.3. The van der Waals surface area contributed by atoms with Crippen LogP contribution in [0.2, 0.25) is 0 Å². The molecule has 3 atom stereocenters. The van der Waals surface area contributed by atoms with Gasteiger partial charge in [-0.1, -0.05) is 84.8 Å². The molecule has 0 aromatic heterocycles. The summed E-state index contributed by atoms with van der Waals surface area (Å²) in [5.74, 6) is 0.0388. The van der Waals surface area contributed by atoms with E-state index in [1.165, 1.54) is 38.5 Å². The minimum atomic E-state index is -1.68. The van der Waals surface area contributed by atoms with E-state index in [1.807, 2.05) is 27.7 Å². The number of carbonyl (C=O) groups is 2. The van der Waals surface area contributed by atoms with E-state index in [2.05, 4.69) is 27.7 Å². The molecule has 0 saturated carbocycles. The second-order valence-corrected chi connectivity index (χ2v) is 14.0. The number of aromatic hydroxyl groups is 1. The Morgan fingerprint density at radius 3 is 1.79 bits per heavy atom. The number of benzene rings is 2. The molecule has 0 saturated heterocycles. The van der Waals surface area contributed by atoms with E-state index in [4.69, 9.17) is 14.2 Å². The monoisotopic (exact) mass is 592 g/mol. The summed E-state index contributed by atoms with van der Waals surface area (Å²) in [6, 6.07) is 6.59. The van der Waals surface area contributed by atoms with Gasteiger partial charge in [-0.25, -0.2) is 9.59 Å². The second-order valence-electron chi connectivity index (χ2n) is 14.0. The van der Waals surface area contributed by atoms with Crippen molar-refractivity contribution in [1.82, 2.24) is 0 Å². The van der Waals surface area contributed by atoms with Gasteiger partial charge in [0.05, 0.1) is 17.5 Å². The van der Waals surface area contributed by atoms with Gasteiger partial charge >= 0.3 is 17.7 Å². The first kappa shape index (κ1) is 32.9. The van der Waals surface area contributed by atoms with Gasteiger partial charge in [0.1, 0.15) is 11.5 Å². The number of carbonyl (C=O) groups excluding carboxylic acids is 2. The highest BCUT2D eigenvalue weighted by atomic mass is 16.8. The number of rotatable bonds is 12. The molecule has 1 N–H and O–H groups in total. The highest BCUT2D eigenvalue weighted by Gasteiger charge is 2.61. The maximum Gasteiger partial charge on any atom is 0.342 e. The van der Waals surface area contributed by atoms with Crippen LogP contribution in [0.25, 0.3) is 0 Å². The molecule has 0 radical (unpaired) electrons. The van der Waals surface area contributed by atoms with Crippen LogP contribution >= 0.6 is 0 Å². The SMILES string of the molecule is Cc1c(C)c2c(c(C)c1O)CC1(OC(=O)c3ccccc3C(=O)O1)[C@](C)(CCC[C@H](C)CCC[C@@H](C)CCCC(C)C)O2. The minimum Gasteiger partial charge on any atom is -0.507 e. The molecule has 0 fully saturated rings. The summed E-state index contributed by atoms with van der Waals surface area (Å²) in [6.45, 7) is 16.8. The average Bonchev–Trinajstić information content (AvgIpc) is 3.06. The van der Waals surface area contributed by atoms with Crippen LogP contribution in [-0.4, -0.2) is 28.4 Å². The van der Waals surface area contributed by atoms with Crippen molar-refractivity contribution in [1.29, 1.82) is 0 Å². The zero-order valence-corrected chi connectivity index (χ0v) is 27.6. The van der Waals surface area contributed by atoms with Gasteiger partial charge < -0.3 is 19.3 Å². The standard InChI is InChI=1S/C37H52O6/c1-23(2)14-11-15-24(3)16-12-17-25(4)18-13-21-36(8)37(22-31-28(7)32(38)26(5)27(6)33(31)41-36)42-34(39)29-19-9-10-20-30(29)35(40)43-37/h9-10,19-20,23-25,38H,11-18,21-22H2,1-8H3/t24-,25+,36-/m0/s1. The lowest BCUT2D eigenvalue weighted by Gasteiger charge is -2.49. The van der Waals surface area contributed by atoms with Crippen LogP contribution in [0.1, 0.15) is 135 Å². The fraction of sp³-hybridized carbons (Fsp3) is 0.622. The molecule has 0 amide bonds. The summed E-state index contributed by atoms with van der Waals surface area (Å²) >= 11 is 0. The van der Waals surface area contributed by atoms with Crippen molar-refractivity contribution in [2.45, 2.75) is 131 Å². The van der Waals surface area contributed by atoms with E-state index in [1.54, 1.807) is 24.3 Å². The maximum absolute atomic E-state index is 13.5. The molecule has 236 valence electrons. The van der Waals surface area contributed by atoms with E-state index in [0.717, 1.165) is 35.8 Å². The Hall–Kier alpha value is -3.02. The van der Waals surface area contributed by atoms with Gasteiger partial charge in [0.15, 0.2) is 5.60 Å². The first-order chi connectivity index (χ1) is 20.3. The number of fused-ring (bicyclic) bond motifs is 2. The van der Waals surface area contributed by atoms with E-state index in [0.29, 0.717) is 29.2 Å². The first-order valence-electron chi connectivity index (χ1n) is 16.3. The quantitative estimate of drug-likeness (QED) is 0.248. The molecule has 2 aromatic carbocycles. The molecule has 4 rings (SSSR count). The molecule has 2 aromatic rings. The average molecular weight is 593 g/mol. The van der Waals surface area contributed by atoms with Gasteiger partial charge in [-0.3, -0.25) is 0 Å². The van der Waals surface area contributed by atoms with E-state index in [-0.39, 0.29) is 23.3 Å². The third-order valence-electron chi connectivity index (χ3n) is 9.99. The molecule has 6 heteroatoms. The zero-order chi connectivity index (χ0) is 31.5. The van der Waals surface area contributed by atoms with Crippen LogP contribution < -0.4 is 4.74 Å². The van der Waals surface area contributed by atoms with E-state index in [9.17, 15) is 14.7 Å². The highest BCUT2D eigenvalue weighted by molar-refractivity contribution is 6.04. The number of hydrogen-bond donors (Lipinski definition) is 1. The van der Waals surface area contributed by atoms with Crippen LogP contribution in [0.3, 0.4) is 0 Å². The van der Waals surface area contributed by atoms with Gasteiger partial charge in [0.2, 0.25) is 0 Å². The summed E-state index contributed by atoms with van der Waals surface area (Å²) in [7, 11) is 0. The number of ether oxygens (including phenoxy) is 3. The molecule has 1 spiro atoms. The Kier molecular flexibility index (Phi) is 10.2. The van der Waals surface area contributed by atoms with Crippen molar-refractivity contribution in [3.63, 3.8) is 0 Å². The van der Waals surface area contributed by atoms with Crippen molar-refractivity contribution in [3.8, 4) is 11.5 Å². The molecular formula is C37H52O6. The van der Waals surface area contributed by atoms with Gasteiger partial charge in [0.25, 0.3) is 0 Å². The normalized spacial score (nSPS) is 20.5. The van der Waals surface area contributed by atoms with Gasteiger partial charge in [0, 0.05) is 5.56 Å². The molecule has 0 unspecified atom stereocenters. The summed E-state index contributed by atoms with van der Waals surface area (Å²) < 4.78 is 19.2. The molecule has 0 bridgehead atoms. The number of phenolic OH excluding ortho intramolecular Hbond substituents is 1. The minimum absolute atomic E-state index is 0.106. The smallest absolute Gasteiger partial charge is 0.342 e. The van der Waals surface area contributed by atoms with E-state index < -0.39 is 23.3 Å². The molecule has 2 aliphatic heterocycles. The Bertz CT molecular complexity index is 1290. The first-order valence-corrected chi connectivity index (χ1v) is 16.3. The highest BCUT2D eigenvalue weighted by Crippen LogP contribution is 2.51. The zero-order valence-electron chi connectivity index (χ0n) is 27.6. The summed E-state index contributed by atoms with van der Waals surface area (Å²) in [5.41, 5.74) is 2.17. The maximum atomic E-state index is 13.5. The lowest BCUT2D eigenvalue weighted by atomic mass is 9.78. The Morgan fingerprint density at radius 1 is 0.744 bits per heavy atom. The van der Waals surface area contributed by atoms with Crippen molar-refractivity contribution in [2.24, 2.45) is 17.8 Å². The Balaban J connectivity index is 1.52. The molecular weight excluding hydrogens is 540 g/mol. The van der Waals surface area contributed by atoms with Crippen LogP contribution in [-0.2, 0) is 15.9 Å². The number of hydrogen-bond acceptors (Lipinski definition) is 6. The topological polar surface area (TPSA) is 82.1 Å². The lowest BCUT2D eigenvalue weighted by Crippen LogP contribution is -2.63. The van der Waals surface area contributed by atoms with Gasteiger partial charge in [-0.05, 0) is 87.1 Å². The van der Waals surface area contributed by atoms with Crippen LogP contribution in [0.15, 0.2) is 24.3 Å². The van der Waals surface area contributed by atoms with Crippen molar-refractivity contribution in [2.75, 3.05) is 0 Å².